The van der Waals surface area contributed by atoms with Crippen LogP contribution in [0, 0.1) is 5.92 Å². The van der Waals surface area contributed by atoms with Crippen LogP contribution in [0.2, 0.25) is 5.02 Å². The molecular weight excluding hydrogens is 326 g/mol. The zero-order valence-electron chi connectivity index (χ0n) is 14.2. The van der Waals surface area contributed by atoms with Gasteiger partial charge in [0.05, 0.1) is 7.11 Å². The summed E-state index contributed by atoms with van der Waals surface area (Å²) in [5.41, 5.74) is 1.01. The smallest absolute Gasteiger partial charge is 0.137 e. The molecule has 2 atom stereocenters. The van der Waals surface area contributed by atoms with E-state index in [0.29, 0.717) is 0 Å². The summed E-state index contributed by atoms with van der Waals surface area (Å²) in [6.07, 6.45) is 5.12. The molecule has 24 heavy (non-hydrogen) atoms. The second-order valence-electron chi connectivity index (χ2n) is 6.40. The van der Waals surface area contributed by atoms with Gasteiger partial charge in [-0.3, -0.25) is 4.90 Å². The number of aryl methyl sites for hydroxylation is 1. The molecule has 1 aliphatic heterocycles. The van der Waals surface area contributed by atoms with Crippen molar-refractivity contribution in [2.24, 2.45) is 13.0 Å². The lowest BCUT2D eigenvalue weighted by Crippen LogP contribution is -2.38. The number of methoxy groups -OCH3 is 1. The van der Waals surface area contributed by atoms with Gasteiger partial charge < -0.3 is 14.4 Å². The van der Waals surface area contributed by atoms with E-state index in [1.807, 2.05) is 36.0 Å². The predicted octanol–water partition coefficient (Wildman–Crippen LogP) is 3.03. The molecule has 2 heterocycles. The number of likely N-dealkylation sites (tertiary alicyclic amines) is 1. The van der Waals surface area contributed by atoms with E-state index in [1.54, 1.807) is 13.3 Å². The van der Waals surface area contributed by atoms with E-state index in [4.69, 9.17) is 16.3 Å². The van der Waals surface area contributed by atoms with Crippen molar-refractivity contribution in [1.29, 1.82) is 0 Å². The lowest BCUT2D eigenvalue weighted by molar-refractivity contribution is 0.0403. The van der Waals surface area contributed by atoms with Gasteiger partial charge in [0.15, 0.2) is 0 Å². The van der Waals surface area contributed by atoms with Crippen LogP contribution in [0.4, 0.5) is 0 Å². The van der Waals surface area contributed by atoms with Crippen LogP contribution in [0.15, 0.2) is 30.6 Å². The maximum atomic E-state index is 10.7. The van der Waals surface area contributed by atoms with Gasteiger partial charge in [-0.25, -0.2) is 4.98 Å². The Hall–Kier alpha value is -1.56. The third-order valence-corrected chi connectivity index (χ3v) is 5.14. The Morgan fingerprint density at radius 1 is 1.46 bits per heavy atom. The highest BCUT2D eigenvalue weighted by atomic mass is 35.5. The minimum absolute atomic E-state index is 0.174. The van der Waals surface area contributed by atoms with Crippen molar-refractivity contribution in [3.05, 3.63) is 47.0 Å². The van der Waals surface area contributed by atoms with E-state index in [0.717, 1.165) is 54.6 Å². The number of hydrogen-bond donors (Lipinski definition) is 1. The maximum Gasteiger partial charge on any atom is 0.137 e. The molecule has 0 radical (unpaired) electrons. The Bertz CT molecular complexity index is 689. The monoisotopic (exact) mass is 349 g/mol. The molecule has 1 aliphatic rings. The highest BCUT2D eigenvalue weighted by Gasteiger charge is 2.29. The van der Waals surface area contributed by atoms with E-state index in [-0.39, 0.29) is 5.92 Å². The second-order valence-corrected chi connectivity index (χ2v) is 6.81. The molecule has 2 aromatic rings. The second kappa shape index (κ2) is 7.55. The summed E-state index contributed by atoms with van der Waals surface area (Å²) in [5, 5.41) is 11.4. The van der Waals surface area contributed by atoms with Crippen LogP contribution in [-0.2, 0) is 13.6 Å². The first-order valence-electron chi connectivity index (χ1n) is 8.29. The number of benzene rings is 1. The molecule has 1 aromatic carbocycles. The van der Waals surface area contributed by atoms with Crippen molar-refractivity contribution in [3.63, 3.8) is 0 Å². The molecule has 0 bridgehead atoms. The Kier molecular flexibility index (Phi) is 5.43. The molecule has 1 fully saturated rings. The standard InChI is InChI=1S/C18H24ClN3O2/c1-21-10-8-20-18(21)17(23)13-5-4-9-22(11-13)12-14-15(19)6-3-7-16(14)24-2/h3,6-8,10,13,17,23H,4-5,9,11-12H2,1-2H3/t13-,17+/m0/s1. The Morgan fingerprint density at radius 2 is 2.29 bits per heavy atom. The van der Waals surface area contributed by atoms with Crippen LogP contribution in [-0.4, -0.2) is 39.8 Å². The largest absolute Gasteiger partial charge is 0.496 e. The molecule has 0 spiro atoms. The summed E-state index contributed by atoms with van der Waals surface area (Å²) in [7, 11) is 3.58. The Labute approximate surface area is 147 Å². The molecule has 1 N–H and O–H groups in total. The van der Waals surface area contributed by atoms with Crippen LogP contribution < -0.4 is 4.74 Å². The number of hydrogen-bond acceptors (Lipinski definition) is 4. The van der Waals surface area contributed by atoms with Gasteiger partial charge in [-0.1, -0.05) is 17.7 Å². The summed E-state index contributed by atoms with van der Waals surface area (Å²) < 4.78 is 7.33. The summed E-state index contributed by atoms with van der Waals surface area (Å²) in [6, 6.07) is 5.73. The number of imidazole rings is 1. The van der Waals surface area contributed by atoms with Crippen LogP contribution >= 0.6 is 11.6 Å². The van der Waals surface area contributed by atoms with Gasteiger partial charge in [0, 0.05) is 49.0 Å². The summed E-state index contributed by atoms with van der Waals surface area (Å²) >= 11 is 6.36. The first-order valence-corrected chi connectivity index (χ1v) is 8.67. The number of aliphatic hydroxyl groups excluding tert-OH is 1. The van der Waals surface area contributed by atoms with Gasteiger partial charge >= 0.3 is 0 Å². The fourth-order valence-corrected chi connectivity index (χ4v) is 3.70. The first-order chi connectivity index (χ1) is 11.6. The van der Waals surface area contributed by atoms with Gasteiger partial charge in [0.2, 0.25) is 0 Å². The van der Waals surface area contributed by atoms with Crippen LogP contribution in [0.1, 0.15) is 30.3 Å². The van der Waals surface area contributed by atoms with Crippen LogP contribution in [0.5, 0.6) is 5.75 Å². The number of rotatable bonds is 5. The normalized spacial score (nSPS) is 20.1. The van der Waals surface area contributed by atoms with Gasteiger partial charge in [-0.15, -0.1) is 0 Å². The quantitative estimate of drug-likeness (QED) is 0.901. The maximum absolute atomic E-state index is 10.7. The van der Waals surface area contributed by atoms with Crippen molar-refractivity contribution >= 4 is 11.6 Å². The zero-order valence-corrected chi connectivity index (χ0v) is 14.9. The molecule has 0 aliphatic carbocycles. The number of aliphatic hydroxyl groups is 1. The van der Waals surface area contributed by atoms with Crippen LogP contribution in [0.25, 0.3) is 0 Å². The van der Waals surface area contributed by atoms with Gasteiger partial charge in [0.1, 0.15) is 17.7 Å². The molecule has 1 saturated heterocycles. The van der Waals surface area contributed by atoms with Crippen molar-refractivity contribution in [1.82, 2.24) is 14.5 Å². The fourth-order valence-electron chi connectivity index (χ4n) is 3.47. The van der Waals surface area contributed by atoms with E-state index < -0.39 is 6.10 Å². The van der Waals surface area contributed by atoms with Crippen molar-refractivity contribution in [2.75, 3.05) is 20.2 Å². The lowest BCUT2D eigenvalue weighted by Gasteiger charge is -2.35. The van der Waals surface area contributed by atoms with Gasteiger partial charge in [-0.2, -0.15) is 0 Å². The Morgan fingerprint density at radius 3 is 3.00 bits per heavy atom. The summed E-state index contributed by atoms with van der Waals surface area (Å²) in [6.45, 7) is 2.55. The number of piperidine rings is 1. The minimum Gasteiger partial charge on any atom is -0.496 e. The van der Waals surface area contributed by atoms with Crippen LogP contribution in [0.3, 0.4) is 0 Å². The van der Waals surface area contributed by atoms with E-state index in [9.17, 15) is 5.11 Å². The third-order valence-electron chi connectivity index (χ3n) is 4.79. The molecule has 1 aromatic heterocycles. The Balaban J connectivity index is 1.71. The predicted molar refractivity (Wildman–Crippen MR) is 94.2 cm³/mol. The lowest BCUT2D eigenvalue weighted by atomic mass is 9.91. The first kappa shape index (κ1) is 17.3. The average molecular weight is 350 g/mol. The topological polar surface area (TPSA) is 50.5 Å². The molecule has 6 heteroatoms. The van der Waals surface area contributed by atoms with E-state index >= 15 is 0 Å². The average Bonchev–Trinajstić information content (AvgIpc) is 3.02. The number of ether oxygens (including phenoxy) is 1. The molecule has 3 rings (SSSR count). The van der Waals surface area contributed by atoms with Crippen molar-refractivity contribution in [2.45, 2.75) is 25.5 Å². The van der Waals surface area contributed by atoms with Crippen molar-refractivity contribution < 1.29 is 9.84 Å². The SMILES string of the molecule is COc1cccc(Cl)c1CN1CCC[C@H]([C@@H](O)c2nccn2C)C1. The van der Waals surface area contributed by atoms with E-state index in [2.05, 4.69) is 9.88 Å². The summed E-state index contributed by atoms with van der Waals surface area (Å²) in [5.74, 6) is 1.72. The number of aromatic nitrogens is 2. The van der Waals surface area contributed by atoms with E-state index in [1.165, 1.54) is 0 Å². The van der Waals surface area contributed by atoms with Gasteiger partial charge in [0.25, 0.3) is 0 Å². The third kappa shape index (κ3) is 3.58. The molecule has 130 valence electrons. The zero-order chi connectivity index (χ0) is 17.1. The molecule has 0 saturated carbocycles. The highest BCUT2D eigenvalue weighted by molar-refractivity contribution is 6.31. The number of halogens is 1. The number of nitrogens with zero attached hydrogens (tertiary/aromatic N) is 3. The van der Waals surface area contributed by atoms with Gasteiger partial charge in [-0.05, 0) is 31.5 Å². The molecule has 0 amide bonds. The van der Waals surface area contributed by atoms with Crippen molar-refractivity contribution in [3.8, 4) is 5.75 Å². The molecule has 0 unspecified atom stereocenters. The highest BCUT2D eigenvalue weighted by Crippen LogP contribution is 2.32. The molecular formula is C18H24ClN3O2. The molecule has 5 nitrogen and oxygen atoms in total. The minimum atomic E-state index is -0.541. The fraction of sp³-hybridized carbons (Fsp3) is 0.500. The summed E-state index contributed by atoms with van der Waals surface area (Å²) in [4.78, 5) is 6.63.